The molecule has 0 aromatic carbocycles. The van der Waals surface area contributed by atoms with E-state index in [1.165, 1.54) is 6.92 Å². The Bertz CT molecular complexity index is 558. The standard InChI is InChI=1S/C24H48N2O5/c1-18(2)25-23(7,8)11-12-31-20(4)13-21(28)26(10)15-22(5,6)16-30-17-24(9,29)14-19(3)27/h18,20,25,29H,11-17H2,1-10H3. The Morgan fingerprint density at radius 2 is 1.65 bits per heavy atom. The number of aliphatic hydroxyl groups is 1. The van der Waals surface area contributed by atoms with Gasteiger partial charge in [0.25, 0.3) is 0 Å². The predicted octanol–water partition coefficient (Wildman–Crippen LogP) is 3.18. The van der Waals surface area contributed by atoms with Crippen LogP contribution in [0.1, 0.15) is 81.6 Å². The Hall–Kier alpha value is -1.02. The van der Waals surface area contributed by atoms with Gasteiger partial charge in [0.15, 0.2) is 0 Å². The Morgan fingerprint density at radius 1 is 1.06 bits per heavy atom. The second-order valence-corrected chi connectivity index (χ2v) is 11.1. The van der Waals surface area contributed by atoms with Crippen LogP contribution in [0.4, 0.5) is 0 Å². The molecule has 31 heavy (non-hydrogen) atoms. The lowest BCUT2D eigenvalue weighted by molar-refractivity contribution is -0.135. The number of Topliss-reactive ketones (excluding diaryl/α,β-unsaturated/α-hetero) is 1. The van der Waals surface area contributed by atoms with Crippen LogP contribution in [0, 0.1) is 5.41 Å². The monoisotopic (exact) mass is 444 g/mol. The summed E-state index contributed by atoms with van der Waals surface area (Å²) in [6.07, 6.45) is 1.12. The van der Waals surface area contributed by atoms with Crippen LogP contribution in [0.3, 0.4) is 0 Å². The first kappa shape index (κ1) is 30.0. The molecule has 0 aromatic rings. The fraction of sp³-hybridized carbons (Fsp3) is 0.917. The largest absolute Gasteiger partial charge is 0.387 e. The van der Waals surface area contributed by atoms with Crippen LogP contribution < -0.4 is 5.32 Å². The second kappa shape index (κ2) is 12.9. The lowest BCUT2D eigenvalue weighted by Gasteiger charge is -2.32. The first-order valence-electron chi connectivity index (χ1n) is 11.4. The summed E-state index contributed by atoms with van der Waals surface area (Å²) in [5.41, 5.74) is -1.46. The number of carbonyl (C=O) groups excluding carboxylic acids is 2. The maximum absolute atomic E-state index is 12.6. The molecule has 1 amide bonds. The number of carbonyl (C=O) groups is 2. The second-order valence-electron chi connectivity index (χ2n) is 11.1. The highest BCUT2D eigenvalue weighted by Gasteiger charge is 2.27. The summed E-state index contributed by atoms with van der Waals surface area (Å²) < 4.78 is 11.5. The molecular formula is C24H48N2O5. The summed E-state index contributed by atoms with van der Waals surface area (Å²) in [5.74, 6) is -0.0435. The molecule has 0 aliphatic heterocycles. The van der Waals surface area contributed by atoms with E-state index in [0.717, 1.165) is 6.42 Å². The fourth-order valence-electron chi connectivity index (χ4n) is 3.74. The van der Waals surface area contributed by atoms with Crippen molar-refractivity contribution in [3.8, 4) is 0 Å². The van der Waals surface area contributed by atoms with Gasteiger partial charge in [-0.25, -0.2) is 0 Å². The van der Waals surface area contributed by atoms with Crippen molar-refractivity contribution in [3.05, 3.63) is 0 Å². The number of rotatable bonds is 16. The maximum atomic E-state index is 12.6. The number of hydrogen-bond donors (Lipinski definition) is 2. The van der Waals surface area contributed by atoms with E-state index < -0.39 is 5.60 Å². The average Bonchev–Trinajstić information content (AvgIpc) is 2.50. The number of amides is 1. The number of hydrogen-bond acceptors (Lipinski definition) is 6. The van der Waals surface area contributed by atoms with E-state index >= 15 is 0 Å². The zero-order valence-corrected chi connectivity index (χ0v) is 21.6. The van der Waals surface area contributed by atoms with Gasteiger partial charge in [0, 0.05) is 43.6 Å². The van der Waals surface area contributed by atoms with Crippen LogP contribution in [0.2, 0.25) is 0 Å². The van der Waals surface area contributed by atoms with E-state index in [-0.39, 0.29) is 41.8 Å². The van der Waals surface area contributed by atoms with E-state index in [2.05, 4.69) is 33.0 Å². The van der Waals surface area contributed by atoms with Crippen molar-refractivity contribution in [2.45, 2.75) is 105 Å². The van der Waals surface area contributed by atoms with Gasteiger partial charge in [-0.2, -0.15) is 0 Å². The molecule has 0 aliphatic rings. The lowest BCUT2D eigenvalue weighted by Crippen LogP contribution is -2.44. The fourth-order valence-corrected chi connectivity index (χ4v) is 3.74. The predicted molar refractivity (Wildman–Crippen MR) is 125 cm³/mol. The molecule has 0 heterocycles. The molecule has 0 fully saturated rings. The van der Waals surface area contributed by atoms with Crippen molar-refractivity contribution >= 4 is 11.7 Å². The van der Waals surface area contributed by atoms with Gasteiger partial charge in [-0.15, -0.1) is 0 Å². The molecule has 0 radical (unpaired) electrons. The molecule has 184 valence electrons. The molecule has 0 spiro atoms. The van der Waals surface area contributed by atoms with Gasteiger partial charge in [0.2, 0.25) is 5.91 Å². The minimum Gasteiger partial charge on any atom is -0.387 e. The average molecular weight is 445 g/mol. The smallest absolute Gasteiger partial charge is 0.224 e. The number of nitrogens with zero attached hydrogens (tertiary/aromatic N) is 1. The van der Waals surface area contributed by atoms with Gasteiger partial charge in [-0.05, 0) is 41.0 Å². The molecule has 0 aliphatic carbocycles. The van der Waals surface area contributed by atoms with Gasteiger partial charge in [0.1, 0.15) is 5.78 Å². The number of ketones is 1. The normalized spacial score (nSPS) is 15.6. The first-order chi connectivity index (χ1) is 13.9. The van der Waals surface area contributed by atoms with Gasteiger partial charge in [-0.3, -0.25) is 9.59 Å². The van der Waals surface area contributed by atoms with Crippen LogP contribution in [0.25, 0.3) is 0 Å². The molecule has 0 saturated heterocycles. The lowest BCUT2D eigenvalue weighted by atomic mass is 9.93. The Morgan fingerprint density at radius 3 is 2.16 bits per heavy atom. The van der Waals surface area contributed by atoms with Crippen molar-refractivity contribution in [1.29, 1.82) is 0 Å². The SMILES string of the molecule is CC(=O)CC(C)(O)COCC(C)(C)CN(C)C(=O)CC(C)OCCC(C)(C)NC(C)C. The van der Waals surface area contributed by atoms with Crippen LogP contribution in [-0.2, 0) is 19.1 Å². The number of ether oxygens (including phenoxy) is 2. The van der Waals surface area contributed by atoms with Gasteiger partial charge in [0.05, 0.1) is 31.3 Å². The maximum Gasteiger partial charge on any atom is 0.224 e. The molecule has 0 rings (SSSR count). The topological polar surface area (TPSA) is 88.1 Å². The van der Waals surface area contributed by atoms with E-state index in [1.54, 1.807) is 18.9 Å². The third-order valence-electron chi connectivity index (χ3n) is 4.90. The minimum atomic E-state index is -1.17. The summed E-state index contributed by atoms with van der Waals surface area (Å²) in [6.45, 7) is 19.2. The Labute approximate surface area is 190 Å². The van der Waals surface area contributed by atoms with Crippen molar-refractivity contribution in [1.82, 2.24) is 10.2 Å². The molecule has 0 aromatic heterocycles. The minimum absolute atomic E-state index is 0.00618. The molecule has 2 unspecified atom stereocenters. The highest BCUT2D eigenvalue weighted by atomic mass is 16.5. The number of nitrogens with one attached hydrogen (secondary N) is 1. The van der Waals surface area contributed by atoms with Crippen molar-refractivity contribution < 1.29 is 24.2 Å². The van der Waals surface area contributed by atoms with E-state index in [9.17, 15) is 14.7 Å². The van der Waals surface area contributed by atoms with Gasteiger partial charge in [-0.1, -0.05) is 27.7 Å². The Kier molecular flexibility index (Phi) is 12.5. The van der Waals surface area contributed by atoms with Crippen molar-refractivity contribution in [2.75, 3.05) is 33.4 Å². The molecule has 7 heteroatoms. The van der Waals surface area contributed by atoms with E-state index in [1.807, 2.05) is 20.8 Å². The van der Waals surface area contributed by atoms with E-state index in [4.69, 9.17) is 9.47 Å². The Balaban J connectivity index is 4.37. The molecular weight excluding hydrogens is 396 g/mol. The quantitative estimate of drug-likeness (QED) is 0.380. The highest BCUT2D eigenvalue weighted by molar-refractivity contribution is 5.76. The summed E-state index contributed by atoms with van der Waals surface area (Å²) in [4.78, 5) is 25.5. The van der Waals surface area contributed by atoms with Gasteiger partial charge < -0.3 is 24.8 Å². The van der Waals surface area contributed by atoms with Crippen LogP contribution in [0.5, 0.6) is 0 Å². The summed E-state index contributed by atoms with van der Waals surface area (Å²) in [5, 5.41) is 13.7. The van der Waals surface area contributed by atoms with E-state index in [0.29, 0.717) is 32.2 Å². The molecule has 7 nitrogen and oxygen atoms in total. The zero-order chi connectivity index (χ0) is 24.5. The first-order valence-corrected chi connectivity index (χ1v) is 11.4. The van der Waals surface area contributed by atoms with Crippen molar-refractivity contribution in [2.24, 2.45) is 5.41 Å². The van der Waals surface area contributed by atoms with Crippen LogP contribution >= 0.6 is 0 Å². The van der Waals surface area contributed by atoms with Crippen LogP contribution in [-0.4, -0.2) is 78.4 Å². The highest BCUT2D eigenvalue weighted by Crippen LogP contribution is 2.20. The third kappa shape index (κ3) is 15.4. The summed E-state index contributed by atoms with van der Waals surface area (Å²) in [7, 11) is 1.79. The molecule has 0 saturated carbocycles. The zero-order valence-electron chi connectivity index (χ0n) is 21.6. The summed E-state index contributed by atoms with van der Waals surface area (Å²) in [6, 6.07) is 0.412. The van der Waals surface area contributed by atoms with Crippen molar-refractivity contribution in [3.63, 3.8) is 0 Å². The molecule has 2 N–H and O–H groups in total. The molecule has 2 atom stereocenters. The van der Waals surface area contributed by atoms with Crippen LogP contribution in [0.15, 0.2) is 0 Å². The third-order valence-corrected chi connectivity index (χ3v) is 4.90. The molecule has 0 bridgehead atoms. The summed E-state index contributed by atoms with van der Waals surface area (Å²) >= 11 is 0. The van der Waals surface area contributed by atoms with Gasteiger partial charge >= 0.3 is 0 Å².